The van der Waals surface area contributed by atoms with Crippen molar-refractivity contribution >= 4 is 13.7 Å². The summed E-state index contributed by atoms with van der Waals surface area (Å²) in [5, 5.41) is 73.9. The summed E-state index contributed by atoms with van der Waals surface area (Å²) in [6, 6.07) is -1.26. The number of allylic oxidation sites excluding steroid dienone is 7. The normalized spacial score (nSPS) is 25.4. The number of rotatable bonds is 30. The molecular formula is C39H70NO12P. The molecule has 1 rings (SSSR count). The second-order valence-corrected chi connectivity index (χ2v) is 15.4. The quantitative estimate of drug-likeness (QED) is 0.0273. The Hall–Kier alpha value is -1.74. The Bertz CT molecular complexity index is 1100. The average Bonchev–Trinajstić information content (AvgIpc) is 3.12. The van der Waals surface area contributed by atoms with Gasteiger partial charge < -0.3 is 46.0 Å². The zero-order valence-corrected chi connectivity index (χ0v) is 32.8. The largest absolute Gasteiger partial charge is 0.472 e. The Morgan fingerprint density at radius 2 is 1.19 bits per heavy atom. The smallest absolute Gasteiger partial charge is 0.393 e. The van der Waals surface area contributed by atoms with Gasteiger partial charge in [0.2, 0.25) is 5.91 Å². The van der Waals surface area contributed by atoms with Gasteiger partial charge in [-0.25, -0.2) is 4.57 Å². The molecule has 9 N–H and O–H groups in total. The number of nitrogens with one attached hydrogen (secondary N) is 1. The Kier molecular flexibility index (Phi) is 27.5. The molecule has 1 saturated carbocycles. The monoisotopic (exact) mass is 775 g/mol. The van der Waals surface area contributed by atoms with Gasteiger partial charge in [0.1, 0.15) is 36.6 Å². The average molecular weight is 776 g/mol. The van der Waals surface area contributed by atoms with Crippen molar-refractivity contribution in [3.63, 3.8) is 0 Å². The third kappa shape index (κ3) is 22.4. The van der Waals surface area contributed by atoms with E-state index in [2.05, 4.69) is 49.5 Å². The van der Waals surface area contributed by atoms with Crippen LogP contribution in [0.2, 0.25) is 0 Å². The van der Waals surface area contributed by atoms with Crippen molar-refractivity contribution in [3.05, 3.63) is 48.6 Å². The lowest BCUT2D eigenvalue weighted by molar-refractivity contribution is -0.220. The molecular weight excluding hydrogens is 705 g/mol. The predicted molar refractivity (Wildman–Crippen MR) is 206 cm³/mol. The molecule has 0 spiro atoms. The molecule has 308 valence electrons. The van der Waals surface area contributed by atoms with Gasteiger partial charge in [0, 0.05) is 0 Å². The van der Waals surface area contributed by atoms with Crippen LogP contribution >= 0.6 is 7.82 Å². The van der Waals surface area contributed by atoms with Crippen molar-refractivity contribution in [1.29, 1.82) is 0 Å². The number of aliphatic hydroxyl groups is 7. The zero-order valence-electron chi connectivity index (χ0n) is 31.9. The molecule has 0 aromatic rings. The first-order chi connectivity index (χ1) is 25.3. The van der Waals surface area contributed by atoms with Gasteiger partial charge in [0.05, 0.1) is 31.3 Å². The number of amides is 1. The minimum Gasteiger partial charge on any atom is -0.393 e. The van der Waals surface area contributed by atoms with Gasteiger partial charge in [0.15, 0.2) is 0 Å². The van der Waals surface area contributed by atoms with E-state index in [4.69, 9.17) is 9.05 Å². The van der Waals surface area contributed by atoms with E-state index in [0.717, 1.165) is 77.0 Å². The lowest BCUT2D eigenvalue weighted by atomic mass is 9.85. The van der Waals surface area contributed by atoms with E-state index in [1.54, 1.807) is 6.08 Å². The number of hydrogen-bond acceptors (Lipinski definition) is 11. The molecule has 0 aromatic carbocycles. The van der Waals surface area contributed by atoms with E-state index < -0.39 is 75.2 Å². The summed E-state index contributed by atoms with van der Waals surface area (Å²) in [7, 11) is -5.14. The molecule has 53 heavy (non-hydrogen) atoms. The van der Waals surface area contributed by atoms with Crippen LogP contribution in [0.25, 0.3) is 0 Å². The second kappa shape index (κ2) is 29.5. The van der Waals surface area contributed by atoms with Crippen molar-refractivity contribution in [2.24, 2.45) is 0 Å². The maximum atomic E-state index is 12.9. The molecule has 0 aliphatic heterocycles. The van der Waals surface area contributed by atoms with Gasteiger partial charge in [-0.15, -0.1) is 0 Å². The Morgan fingerprint density at radius 3 is 1.83 bits per heavy atom. The first kappa shape index (κ1) is 49.3. The van der Waals surface area contributed by atoms with Crippen molar-refractivity contribution in [2.75, 3.05) is 6.61 Å². The number of hydrogen-bond donors (Lipinski definition) is 9. The van der Waals surface area contributed by atoms with Crippen molar-refractivity contribution in [1.82, 2.24) is 5.32 Å². The zero-order chi connectivity index (χ0) is 39.5. The number of carbonyl (C=O) groups excluding carboxylic acids is 1. The van der Waals surface area contributed by atoms with Crippen LogP contribution in [0.3, 0.4) is 0 Å². The molecule has 0 bridgehead atoms. The SMILES string of the molecule is CCCC/C=C/CC/C=C/C(O)C(COP(=O)(O)OC1C(O)C(O)C(O)C(O)C1O)NC(=O)CC(O)CCCCCCC/C=C\C/C=C\CCCCC. The van der Waals surface area contributed by atoms with Crippen LogP contribution in [0, 0.1) is 0 Å². The highest BCUT2D eigenvalue weighted by molar-refractivity contribution is 7.47. The fourth-order valence-electron chi connectivity index (χ4n) is 5.80. The van der Waals surface area contributed by atoms with Crippen molar-refractivity contribution in [3.8, 4) is 0 Å². The fraction of sp³-hybridized carbons (Fsp3) is 0.769. The number of unbranched alkanes of at least 4 members (excludes halogenated alkanes) is 11. The lowest BCUT2D eigenvalue weighted by Gasteiger charge is -2.41. The molecule has 1 aliphatic carbocycles. The van der Waals surface area contributed by atoms with Gasteiger partial charge in [-0.05, 0) is 57.8 Å². The van der Waals surface area contributed by atoms with Crippen LogP contribution in [-0.2, 0) is 18.4 Å². The van der Waals surface area contributed by atoms with E-state index in [1.165, 1.54) is 25.3 Å². The number of carbonyl (C=O) groups is 1. The highest BCUT2D eigenvalue weighted by Gasteiger charge is 2.51. The fourth-order valence-corrected chi connectivity index (χ4v) is 6.77. The maximum absolute atomic E-state index is 12.9. The maximum Gasteiger partial charge on any atom is 0.472 e. The third-order valence-corrected chi connectivity index (χ3v) is 10.1. The highest BCUT2D eigenvalue weighted by Crippen LogP contribution is 2.47. The van der Waals surface area contributed by atoms with E-state index in [0.29, 0.717) is 12.8 Å². The molecule has 1 aliphatic rings. The van der Waals surface area contributed by atoms with Crippen LogP contribution in [0.5, 0.6) is 0 Å². The van der Waals surface area contributed by atoms with Gasteiger partial charge in [-0.3, -0.25) is 13.8 Å². The van der Waals surface area contributed by atoms with Gasteiger partial charge in [-0.2, -0.15) is 0 Å². The molecule has 0 aromatic heterocycles. The van der Waals surface area contributed by atoms with Crippen LogP contribution in [0.4, 0.5) is 0 Å². The Morgan fingerprint density at radius 1 is 0.679 bits per heavy atom. The molecule has 0 radical (unpaired) electrons. The summed E-state index contributed by atoms with van der Waals surface area (Å²) in [4.78, 5) is 23.2. The Balaban J connectivity index is 2.61. The number of phosphoric acid groups is 1. The van der Waals surface area contributed by atoms with Crippen molar-refractivity contribution < 1.29 is 59.0 Å². The summed E-state index contributed by atoms with van der Waals surface area (Å²) in [5.74, 6) is -0.618. The highest BCUT2D eigenvalue weighted by atomic mass is 31.2. The molecule has 0 saturated heterocycles. The van der Waals surface area contributed by atoms with Crippen LogP contribution in [0.15, 0.2) is 48.6 Å². The van der Waals surface area contributed by atoms with E-state index in [-0.39, 0.29) is 6.42 Å². The standard InChI is InChI=1S/C39H70NO12P/c1-3-5-7-9-11-13-14-15-16-17-18-19-20-22-24-26-30(41)28-33(43)40-31(32(42)27-25-23-21-12-10-8-6-4-2)29-51-53(49,50)52-39-37(47)35(45)34(44)36(46)38(39)48/h10-13,15-16,25,27,30-32,34-39,41-42,44-48H,3-9,14,17-24,26,28-29H2,1-2H3,(H,40,43)(H,49,50)/b12-10+,13-11-,16-15-,27-25+. The molecule has 13 nitrogen and oxygen atoms in total. The molecule has 8 atom stereocenters. The summed E-state index contributed by atoms with van der Waals surface area (Å²) in [6.07, 6.45) is 18.2. The molecule has 1 amide bonds. The first-order valence-electron chi connectivity index (χ1n) is 19.7. The predicted octanol–water partition coefficient (Wildman–Crippen LogP) is 4.80. The Labute approximate surface area is 317 Å². The van der Waals surface area contributed by atoms with Crippen LogP contribution in [0.1, 0.15) is 129 Å². The molecule has 8 unspecified atom stereocenters. The summed E-state index contributed by atoms with van der Waals surface area (Å²) in [6.45, 7) is 3.56. The number of aliphatic hydroxyl groups excluding tert-OH is 7. The van der Waals surface area contributed by atoms with Gasteiger partial charge in [0.25, 0.3) is 0 Å². The number of phosphoric ester groups is 1. The minimum atomic E-state index is -5.14. The molecule has 14 heteroatoms. The first-order valence-corrected chi connectivity index (χ1v) is 21.2. The van der Waals surface area contributed by atoms with Crippen LogP contribution in [-0.4, -0.2) is 108 Å². The third-order valence-electron chi connectivity index (χ3n) is 9.14. The summed E-state index contributed by atoms with van der Waals surface area (Å²) >= 11 is 0. The molecule has 0 heterocycles. The van der Waals surface area contributed by atoms with Gasteiger partial charge in [-0.1, -0.05) is 114 Å². The van der Waals surface area contributed by atoms with Crippen molar-refractivity contribution in [2.45, 2.75) is 184 Å². The summed E-state index contributed by atoms with van der Waals surface area (Å²) in [5.41, 5.74) is 0. The topological polar surface area (TPSA) is 226 Å². The second-order valence-electron chi connectivity index (χ2n) is 13.9. The van der Waals surface area contributed by atoms with Gasteiger partial charge >= 0.3 is 7.82 Å². The van der Waals surface area contributed by atoms with Crippen LogP contribution < -0.4 is 5.32 Å². The lowest BCUT2D eigenvalue weighted by Crippen LogP contribution is -2.64. The van der Waals surface area contributed by atoms with E-state index in [9.17, 15) is 50.0 Å². The summed E-state index contributed by atoms with van der Waals surface area (Å²) < 4.78 is 22.7. The minimum absolute atomic E-state index is 0.265. The molecule has 1 fully saturated rings. The van der Waals surface area contributed by atoms with E-state index >= 15 is 0 Å². The van der Waals surface area contributed by atoms with E-state index in [1.807, 2.05) is 6.08 Å².